The van der Waals surface area contributed by atoms with Gasteiger partial charge in [0.2, 0.25) is 5.91 Å². The monoisotopic (exact) mass is 527 g/mol. The summed E-state index contributed by atoms with van der Waals surface area (Å²) in [6.45, 7) is 1.61. The van der Waals surface area contributed by atoms with Crippen LogP contribution in [0, 0.1) is 0 Å². The average Bonchev–Trinajstić information content (AvgIpc) is 3.15. The second-order valence-corrected chi connectivity index (χ2v) is 9.02. The molecule has 37 heavy (non-hydrogen) atoms. The lowest BCUT2D eigenvalue weighted by Crippen LogP contribution is -2.38. The Morgan fingerprint density at radius 1 is 1.14 bits per heavy atom. The lowest BCUT2D eigenvalue weighted by atomic mass is 10.2. The number of methoxy groups -OCH3 is 1. The van der Waals surface area contributed by atoms with E-state index in [-0.39, 0.29) is 16.4 Å². The Hall–Kier alpha value is -4.03. The first-order valence-corrected chi connectivity index (χ1v) is 12.2. The van der Waals surface area contributed by atoms with Crippen molar-refractivity contribution in [2.45, 2.75) is 0 Å². The largest absolute Gasteiger partial charge is 0.493 e. The topological polar surface area (TPSA) is 135 Å². The van der Waals surface area contributed by atoms with E-state index < -0.39 is 36.2 Å². The number of carbonyl (C=O) groups excluding carboxylic acids is 3. The molecule has 2 N–H and O–H groups in total. The van der Waals surface area contributed by atoms with Crippen LogP contribution in [0.4, 0.5) is 16.2 Å². The van der Waals surface area contributed by atoms with Crippen LogP contribution in [0.3, 0.4) is 0 Å². The molecule has 0 aromatic heterocycles. The zero-order chi connectivity index (χ0) is 26.4. The molecule has 4 rings (SSSR count). The van der Waals surface area contributed by atoms with Crippen molar-refractivity contribution in [1.29, 1.82) is 0 Å². The fraction of sp³-hybridized carbons (Fsp3) is 0.280. The van der Waals surface area contributed by atoms with E-state index in [1.54, 1.807) is 24.3 Å². The number of carboxylic acids is 1. The predicted molar refractivity (Wildman–Crippen MR) is 137 cm³/mol. The molecule has 0 spiro atoms. The summed E-state index contributed by atoms with van der Waals surface area (Å²) in [6, 6.07) is 12.0. The molecule has 0 saturated carbocycles. The third-order valence-electron chi connectivity index (χ3n) is 5.54. The smallest absolute Gasteiger partial charge is 0.341 e. The zero-order valence-corrected chi connectivity index (χ0v) is 20.8. The zero-order valence-electron chi connectivity index (χ0n) is 20.0. The summed E-state index contributed by atoms with van der Waals surface area (Å²) >= 11 is 0.729. The van der Waals surface area contributed by atoms with Crippen LogP contribution in [0.5, 0.6) is 11.5 Å². The van der Waals surface area contributed by atoms with E-state index in [0.717, 1.165) is 22.3 Å². The number of para-hydroxylation sites is 2. The molecule has 3 amide bonds. The molecule has 12 heteroatoms. The van der Waals surface area contributed by atoms with E-state index in [9.17, 15) is 19.2 Å². The molecular formula is C25H25N3O8S. The molecule has 0 radical (unpaired) electrons. The van der Waals surface area contributed by atoms with Crippen molar-refractivity contribution in [2.24, 2.45) is 0 Å². The molecule has 0 atom stereocenters. The number of thioether (sulfide) groups is 1. The summed E-state index contributed by atoms with van der Waals surface area (Å²) in [4.78, 5) is 52.1. The van der Waals surface area contributed by atoms with Gasteiger partial charge in [-0.3, -0.25) is 19.3 Å². The summed E-state index contributed by atoms with van der Waals surface area (Å²) in [5.41, 5.74) is 1.97. The summed E-state index contributed by atoms with van der Waals surface area (Å²) in [6.07, 6.45) is 1.50. The molecule has 2 saturated heterocycles. The van der Waals surface area contributed by atoms with Crippen molar-refractivity contribution in [3.05, 3.63) is 52.9 Å². The van der Waals surface area contributed by atoms with E-state index in [0.29, 0.717) is 37.6 Å². The van der Waals surface area contributed by atoms with Crippen LogP contribution in [0.25, 0.3) is 6.08 Å². The molecule has 2 aromatic carbocycles. The highest BCUT2D eigenvalue weighted by Gasteiger charge is 2.36. The standard InChI is InChI=1S/C25H25N3O8S/c1-34-20-12-16(6-7-19(20)36-15-23(30)31)13-21-24(32)28(25(33)37-21)14-22(29)26-17-4-2-3-5-18(17)27-8-10-35-11-9-27/h2-7,12-13H,8-11,14-15H2,1H3,(H,26,29)(H,30,31)/b21-13+. The Morgan fingerprint density at radius 2 is 1.89 bits per heavy atom. The van der Waals surface area contributed by atoms with Crippen molar-refractivity contribution < 1.29 is 38.5 Å². The summed E-state index contributed by atoms with van der Waals surface area (Å²) < 4.78 is 15.8. The number of hydrogen-bond acceptors (Lipinski definition) is 9. The minimum Gasteiger partial charge on any atom is -0.493 e. The first-order valence-electron chi connectivity index (χ1n) is 11.4. The molecule has 2 heterocycles. The van der Waals surface area contributed by atoms with Gasteiger partial charge >= 0.3 is 5.97 Å². The van der Waals surface area contributed by atoms with Crippen LogP contribution >= 0.6 is 11.8 Å². The van der Waals surface area contributed by atoms with Crippen molar-refractivity contribution in [3.63, 3.8) is 0 Å². The maximum Gasteiger partial charge on any atom is 0.341 e. The van der Waals surface area contributed by atoms with E-state index in [4.69, 9.17) is 19.3 Å². The lowest BCUT2D eigenvalue weighted by Gasteiger charge is -2.30. The second-order valence-electron chi connectivity index (χ2n) is 8.03. The number of nitrogens with zero attached hydrogens (tertiary/aromatic N) is 2. The van der Waals surface area contributed by atoms with Gasteiger partial charge in [-0.2, -0.15) is 0 Å². The van der Waals surface area contributed by atoms with Gasteiger partial charge < -0.3 is 29.5 Å². The fourth-order valence-corrected chi connectivity index (χ4v) is 4.65. The van der Waals surface area contributed by atoms with Gasteiger partial charge in [0, 0.05) is 13.1 Å². The van der Waals surface area contributed by atoms with Gasteiger partial charge in [0.05, 0.1) is 36.6 Å². The first-order chi connectivity index (χ1) is 17.9. The average molecular weight is 528 g/mol. The van der Waals surface area contributed by atoms with Crippen molar-refractivity contribution >= 4 is 52.2 Å². The maximum absolute atomic E-state index is 12.9. The van der Waals surface area contributed by atoms with Crippen LogP contribution in [0.2, 0.25) is 0 Å². The van der Waals surface area contributed by atoms with E-state index in [1.807, 2.05) is 12.1 Å². The van der Waals surface area contributed by atoms with Gasteiger partial charge in [-0.25, -0.2) is 4.79 Å². The predicted octanol–water partition coefficient (Wildman–Crippen LogP) is 2.67. The Morgan fingerprint density at radius 3 is 2.62 bits per heavy atom. The Bertz CT molecular complexity index is 1240. The van der Waals surface area contributed by atoms with Gasteiger partial charge in [-0.15, -0.1) is 0 Å². The number of benzene rings is 2. The van der Waals surface area contributed by atoms with Crippen molar-refractivity contribution in [2.75, 3.05) is 56.8 Å². The number of morpholine rings is 1. The molecule has 2 aromatic rings. The Labute approximate surface area is 217 Å². The number of amides is 3. The van der Waals surface area contributed by atoms with Gasteiger partial charge in [0.15, 0.2) is 18.1 Å². The number of imide groups is 1. The van der Waals surface area contributed by atoms with Gasteiger partial charge in [0.25, 0.3) is 11.1 Å². The molecule has 0 aliphatic carbocycles. The number of carbonyl (C=O) groups is 4. The first kappa shape index (κ1) is 26.0. The van der Waals surface area contributed by atoms with Crippen LogP contribution < -0.4 is 19.7 Å². The quantitative estimate of drug-likeness (QED) is 0.469. The Kier molecular flexibility index (Phi) is 8.31. The highest BCUT2D eigenvalue weighted by Crippen LogP contribution is 2.35. The van der Waals surface area contributed by atoms with Gasteiger partial charge in [-0.1, -0.05) is 18.2 Å². The number of anilines is 2. The molecule has 0 bridgehead atoms. The second kappa shape index (κ2) is 11.8. The third kappa shape index (κ3) is 6.40. The summed E-state index contributed by atoms with van der Waals surface area (Å²) in [5, 5.41) is 11.1. The SMILES string of the molecule is COc1cc(/C=C2/SC(=O)N(CC(=O)Nc3ccccc3N3CCOCC3)C2=O)ccc1OCC(=O)O. The molecule has 11 nitrogen and oxygen atoms in total. The van der Waals surface area contributed by atoms with E-state index >= 15 is 0 Å². The number of ether oxygens (including phenoxy) is 3. The normalized spacial score (nSPS) is 16.7. The van der Waals surface area contributed by atoms with Gasteiger partial charge in [-0.05, 0) is 47.7 Å². The van der Waals surface area contributed by atoms with E-state index in [2.05, 4.69) is 10.2 Å². The molecule has 194 valence electrons. The van der Waals surface area contributed by atoms with E-state index in [1.165, 1.54) is 19.3 Å². The summed E-state index contributed by atoms with van der Waals surface area (Å²) in [7, 11) is 1.40. The van der Waals surface area contributed by atoms with Crippen molar-refractivity contribution in [1.82, 2.24) is 4.90 Å². The number of aliphatic carboxylic acids is 1. The minimum atomic E-state index is -1.13. The van der Waals surface area contributed by atoms with Crippen molar-refractivity contribution in [3.8, 4) is 11.5 Å². The highest BCUT2D eigenvalue weighted by molar-refractivity contribution is 8.18. The van der Waals surface area contributed by atoms with Crippen LogP contribution in [-0.2, 0) is 19.1 Å². The molecule has 2 aliphatic rings. The number of rotatable bonds is 9. The molecular weight excluding hydrogens is 502 g/mol. The number of carboxylic acid groups (broad SMARTS) is 1. The van der Waals surface area contributed by atoms with Crippen LogP contribution in [0.1, 0.15) is 5.56 Å². The fourth-order valence-electron chi connectivity index (χ4n) is 3.81. The lowest BCUT2D eigenvalue weighted by molar-refractivity contribution is -0.139. The minimum absolute atomic E-state index is 0.146. The van der Waals surface area contributed by atoms with Crippen LogP contribution in [0.15, 0.2) is 47.4 Å². The molecule has 2 aliphatic heterocycles. The maximum atomic E-state index is 12.9. The third-order valence-corrected chi connectivity index (χ3v) is 6.45. The molecule has 0 unspecified atom stereocenters. The summed E-state index contributed by atoms with van der Waals surface area (Å²) in [5.74, 6) is -1.72. The van der Waals surface area contributed by atoms with Crippen LogP contribution in [-0.4, -0.2) is 79.6 Å². The molecule has 2 fully saturated rings. The number of hydrogen-bond donors (Lipinski definition) is 2. The number of nitrogens with one attached hydrogen (secondary N) is 1. The Balaban J connectivity index is 1.43. The van der Waals surface area contributed by atoms with Gasteiger partial charge in [0.1, 0.15) is 6.54 Å². The highest BCUT2D eigenvalue weighted by atomic mass is 32.2.